The molecule has 0 spiro atoms. The quantitative estimate of drug-likeness (QED) is 0.775. The molecule has 0 heterocycles. The fourth-order valence-corrected chi connectivity index (χ4v) is 3.19. The number of nitrogens with one attached hydrogen (secondary N) is 1. The SMILES string of the molecule is CC1CCC(NC(=O)C2CCCC(N)C2)CC1. The van der Waals surface area contributed by atoms with Crippen LogP contribution in [-0.2, 0) is 4.79 Å². The maximum atomic E-state index is 12.1. The van der Waals surface area contributed by atoms with E-state index in [2.05, 4.69) is 12.2 Å². The van der Waals surface area contributed by atoms with Gasteiger partial charge >= 0.3 is 0 Å². The summed E-state index contributed by atoms with van der Waals surface area (Å²) in [4.78, 5) is 12.1. The zero-order valence-electron chi connectivity index (χ0n) is 11.0. The van der Waals surface area contributed by atoms with Crippen molar-refractivity contribution in [2.45, 2.75) is 70.4 Å². The van der Waals surface area contributed by atoms with E-state index in [0.29, 0.717) is 6.04 Å². The van der Waals surface area contributed by atoms with Crippen LogP contribution >= 0.6 is 0 Å². The van der Waals surface area contributed by atoms with E-state index in [1.807, 2.05) is 0 Å². The summed E-state index contributed by atoms with van der Waals surface area (Å²) in [5.74, 6) is 1.28. The molecule has 2 aliphatic carbocycles. The van der Waals surface area contributed by atoms with Crippen LogP contribution < -0.4 is 11.1 Å². The number of hydrogen-bond donors (Lipinski definition) is 2. The number of rotatable bonds is 2. The minimum atomic E-state index is 0.179. The third-order valence-corrected chi connectivity index (χ3v) is 4.45. The van der Waals surface area contributed by atoms with Gasteiger partial charge in [0, 0.05) is 18.0 Å². The Morgan fingerprint density at radius 3 is 2.47 bits per heavy atom. The van der Waals surface area contributed by atoms with Gasteiger partial charge in [0.25, 0.3) is 0 Å². The Labute approximate surface area is 105 Å². The molecule has 0 bridgehead atoms. The zero-order valence-corrected chi connectivity index (χ0v) is 11.0. The Balaban J connectivity index is 1.76. The topological polar surface area (TPSA) is 55.1 Å². The fourth-order valence-electron chi connectivity index (χ4n) is 3.19. The van der Waals surface area contributed by atoms with Gasteiger partial charge < -0.3 is 11.1 Å². The first-order chi connectivity index (χ1) is 8.15. The van der Waals surface area contributed by atoms with Crippen molar-refractivity contribution in [3.8, 4) is 0 Å². The maximum Gasteiger partial charge on any atom is 0.223 e. The van der Waals surface area contributed by atoms with Crippen LogP contribution in [0.3, 0.4) is 0 Å². The van der Waals surface area contributed by atoms with Crippen LogP contribution in [-0.4, -0.2) is 18.0 Å². The highest BCUT2D eigenvalue weighted by Gasteiger charge is 2.27. The van der Waals surface area contributed by atoms with Crippen molar-refractivity contribution in [3.63, 3.8) is 0 Å². The molecule has 2 unspecified atom stereocenters. The number of nitrogens with two attached hydrogens (primary N) is 1. The predicted molar refractivity (Wildman–Crippen MR) is 69.5 cm³/mol. The Morgan fingerprint density at radius 2 is 1.82 bits per heavy atom. The van der Waals surface area contributed by atoms with Gasteiger partial charge in [-0.2, -0.15) is 0 Å². The van der Waals surface area contributed by atoms with E-state index in [9.17, 15) is 4.79 Å². The highest BCUT2D eigenvalue weighted by Crippen LogP contribution is 2.26. The van der Waals surface area contributed by atoms with Crippen molar-refractivity contribution in [1.29, 1.82) is 0 Å². The van der Waals surface area contributed by atoms with E-state index in [1.54, 1.807) is 0 Å². The Kier molecular flexibility index (Phi) is 4.43. The normalized spacial score (nSPS) is 38.7. The highest BCUT2D eigenvalue weighted by atomic mass is 16.1. The number of carbonyl (C=O) groups excluding carboxylic acids is 1. The largest absolute Gasteiger partial charge is 0.353 e. The van der Waals surface area contributed by atoms with E-state index < -0.39 is 0 Å². The molecular formula is C14H26N2O. The molecule has 3 heteroatoms. The van der Waals surface area contributed by atoms with E-state index in [1.165, 1.54) is 12.8 Å². The Morgan fingerprint density at radius 1 is 1.12 bits per heavy atom. The Bertz CT molecular complexity index is 259. The molecule has 0 aromatic rings. The molecule has 17 heavy (non-hydrogen) atoms. The molecule has 98 valence electrons. The van der Waals surface area contributed by atoms with Crippen LogP contribution in [0.5, 0.6) is 0 Å². The molecule has 0 aromatic carbocycles. The average Bonchev–Trinajstić information content (AvgIpc) is 2.32. The number of carbonyl (C=O) groups is 1. The second-order valence-corrected chi connectivity index (χ2v) is 6.09. The maximum absolute atomic E-state index is 12.1. The van der Waals surface area contributed by atoms with Gasteiger partial charge in [0.1, 0.15) is 0 Å². The zero-order chi connectivity index (χ0) is 12.3. The molecule has 2 aliphatic rings. The van der Waals surface area contributed by atoms with Gasteiger partial charge in [0.2, 0.25) is 5.91 Å². The summed E-state index contributed by atoms with van der Waals surface area (Å²) in [6.45, 7) is 2.30. The molecule has 0 radical (unpaired) electrons. The Hall–Kier alpha value is -0.570. The first kappa shape index (κ1) is 12.9. The van der Waals surface area contributed by atoms with Crippen molar-refractivity contribution in [2.24, 2.45) is 17.6 Å². The summed E-state index contributed by atoms with van der Waals surface area (Å²) in [6, 6.07) is 0.669. The molecule has 2 saturated carbocycles. The van der Waals surface area contributed by atoms with Crippen molar-refractivity contribution < 1.29 is 4.79 Å². The third-order valence-electron chi connectivity index (χ3n) is 4.45. The van der Waals surface area contributed by atoms with Crippen molar-refractivity contribution in [1.82, 2.24) is 5.32 Å². The minimum Gasteiger partial charge on any atom is -0.353 e. The van der Waals surface area contributed by atoms with Gasteiger partial charge in [-0.1, -0.05) is 13.3 Å². The molecule has 0 aromatic heterocycles. The lowest BCUT2D eigenvalue weighted by Crippen LogP contribution is -2.43. The van der Waals surface area contributed by atoms with Crippen molar-refractivity contribution in [2.75, 3.05) is 0 Å². The summed E-state index contributed by atoms with van der Waals surface area (Å²) in [6.07, 6.45) is 8.95. The van der Waals surface area contributed by atoms with E-state index >= 15 is 0 Å². The van der Waals surface area contributed by atoms with Gasteiger partial charge in [-0.05, 0) is 50.9 Å². The lowest BCUT2D eigenvalue weighted by molar-refractivity contribution is -0.127. The lowest BCUT2D eigenvalue weighted by atomic mass is 9.84. The van der Waals surface area contributed by atoms with Crippen LogP contribution in [0.15, 0.2) is 0 Å². The molecule has 3 N–H and O–H groups in total. The summed E-state index contributed by atoms with van der Waals surface area (Å²) < 4.78 is 0. The number of amides is 1. The van der Waals surface area contributed by atoms with E-state index in [-0.39, 0.29) is 17.9 Å². The third kappa shape index (κ3) is 3.70. The molecule has 0 saturated heterocycles. The lowest BCUT2D eigenvalue weighted by Gasteiger charge is -2.30. The summed E-state index contributed by atoms with van der Waals surface area (Å²) >= 11 is 0. The second kappa shape index (κ2) is 5.85. The fraction of sp³-hybridized carbons (Fsp3) is 0.929. The van der Waals surface area contributed by atoms with Crippen LogP contribution in [0.2, 0.25) is 0 Å². The first-order valence-electron chi connectivity index (χ1n) is 7.21. The summed E-state index contributed by atoms with van der Waals surface area (Å²) in [5.41, 5.74) is 5.93. The van der Waals surface area contributed by atoms with Crippen LogP contribution in [0.25, 0.3) is 0 Å². The van der Waals surface area contributed by atoms with Crippen molar-refractivity contribution in [3.05, 3.63) is 0 Å². The smallest absolute Gasteiger partial charge is 0.223 e. The average molecular weight is 238 g/mol. The van der Waals surface area contributed by atoms with Crippen LogP contribution in [0, 0.1) is 11.8 Å². The summed E-state index contributed by atoms with van der Waals surface area (Å²) in [5, 5.41) is 3.24. The molecule has 0 aliphatic heterocycles. The van der Waals surface area contributed by atoms with Gasteiger partial charge in [-0.25, -0.2) is 0 Å². The van der Waals surface area contributed by atoms with Gasteiger partial charge in [-0.3, -0.25) is 4.79 Å². The van der Waals surface area contributed by atoms with Crippen LogP contribution in [0.4, 0.5) is 0 Å². The summed E-state index contributed by atoms with van der Waals surface area (Å²) in [7, 11) is 0. The van der Waals surface area contributed by atoms with Gasteiger partial charge in [-0.15, -0.1) is 0 Å². The first-order valence-corrected chi connectivity index (χ1v) is 7.21. The monoisotopic (exact) mass is 238 g/mol. The predicted octanol–water partition coefficient (Wildman–Crippen LogP) is 2.20. The van der Waals surface area contributed by atoms with Gasteiger partial charge in [0.15, 0.2) is 0 Å². The molecular weight excluding hydrogens is 212 g/mol. The van der Waals surface area contributed by atoms with E-state index in [4.69, 9.17) is 5.73 Å². The van der Waals surface area contributed by atoms with Gasteiger partial charge in [0.05, 0.1) is 0 Å². The second-order valence-electron chi connectivity index (χ2n) is 6.09. The molecule has 1 amide bonds. The van der Waals surface area contributed by atoms with Crippen molar-refractivity contribution >= 4 is 5.91 Å². The molecule has 3 nitrogen and oxygen atoms in total. The molecule has 2 rings (SSSR count). The molecule has 2 atom stereocenters. The standard InChI is InChI=1S/C14H26N2O/c1-10-5-7-13(8-6-10)16-14(17)11-3-2-4-12(15)9-11/h10-13H,2-9,15H2,1H3,(H,16,17). The van der Waals surface area contributed by atoms with Crippen LogP contribution in [0.1, 0.15) is 58.3 Å². The van der Waals surface area contributed by atoms with E-state index in [0.717, 1.165) is 44.4 Å². The number of hydrogen-bond acceptors (Lipinski definition) is 2. The molecule has 2 fully saturated rings. The minimum absolute atomic E-state index is 0.179. The highest BCUT2D eigenvalue weighted by molar-refractivity contribution is 5.79.